The lowest BCUT2D eigenvalue weighted by molar-refractivity contribution is 0.284. The van der Waals surface area contributed by atoms with E-state index in [9.17, 15) is 0 Å². The normalized spacial score (nSPS) is 10.6. The zero-order valence-electron chi connectivity index (χ0n) is 11.3. The Labute approximate surface area is 114 Å². The molecule has 0 radical (unpaired) electrons. The van der Waals surface area contributed by atoms with Crippen molar-refractivity contribution in [1.82, 2.24) is 0 Å². The van der Waals surface area contributed by atoms with Crippen molar-refractivity contribution in [2.45, 2.75) is 26.2 Å². The van der Waals surface area contributed by atoms with Gasteiger partial charge in [0.25, 0.3) is 0 Å². The van der Waals surface area contributed by atoms with Crippen molar-refractivity contribution in [2.24, 2.45) is 0 Å². The largest absolute Gasteiger partial charge is 0.508 e. The van der Waals surface area contributed by atoms with E-state index in [4.69, 9.17) is 10.2 Å². The maximum absolute atomic E-state index is 9.11. The highest BCUT2D eigenvalue weighted by atomic mass is 16.3. The number of hydrogen-bond donors (Lipinski definition) is 2. The fraction of sp³-hybridized carbons (Fsp3) is 0.294. The second-order valence-corrected chi connectivity index (χ2v) is 4.78. The van der Waals surface area contributed by atoms with Gasteiger partial charge in [-0.25, -0.2) is 0 Å². The number of aliphatic hydroxyl groups is 1. The summed E-state index contributed by atoms with van der Waals surface area (Å²) in [4.78, 5) is 0. The Hall–Kier alpha value is -1.80. The average Bonchev–Trinajstić information content (AvgIpc) is 3.04. The number of hydrogen-bond acceptors (Lipinski definition) is 2. The van der Waals surface area contributed by atoms with E-state index in [2.05, 4.69) is 25.1 Å². The lowest BCUT2D eigenvalue weighted by Gasteiger charge is -1.97. The Morgan fingerprint density at radius 1 is 0.789 bits per heavy atom. The predicted octanol–water partition coefficient (Wildman–Crippen LogP) is 4.21. The molecule has 100 valence electrons. The molecule has 2 nitrogen and oxygen atoms in total. The number of benzene rings is 2. The number of rotatable bonds is 4. The van der Waals surface area contributed by atoms with Gasteiger partial charge in [-0.15, -0.1) is 0 Å². The smallest absolute Gasteiger partial charge is 0.115 e. The first-order valence-electron chi connectivity index (χ1n) is 6.80. The Morgan fingerprint density at radius 3 is 1.74 bits per heavy atom. The van der Waals surface area contributed by atoms with Crippen LogP contribution in [-0.2, 0) is 0 Å². The molecule has 0 saturated carbocycles. The minimum atomic E-state index is 0.319. The van der Waals surface area contributed by atoms with Crippen molar-refractivity contribution in [2.75, 3.05) is 6.61 Å². The second kappa shape index (κ2) is 6.39. The molecule has 0 unspecified atom stereocenters. The third-order valence-electron chi connectivity index (χ3n) is 3.15. The Morgan fingerprint density at radius 2 is 1.32 bits per heavy atom. The monoisotopic (exact) mass is 256 g/mol. The van der Waals surface area contributed by atoms with Crippen LogP contribution >= 0.6 is 0 Å². The van der Waals surface area contributed by atoms with Gasteiger partial charge in [-0.2, -0.15) is 0 Å². The minimum absolute atomic E-state index is 0.319. The van der Waals surface area contributed by atoms with Crippen LogP contribution in [0.3, 0.4) is 0 Å². The molecule has 0 aliphatic heterocycles. The predicted molar refractivity (Wildman–Crippen MR) is 79.1 cm³/mol. The van der Waals surface area contributed by atoms with Gasteiger partial charge in [0.2, 0.25) is 0 Å². The summed E-state index contributed by atoms with van der Waals surface area (Å²) in [5, 5.41) is 17.3. The molecule has 3 rings (SSSR count). The summed E-state index contributed by atoms with van der Waals surface area (Å²) in [6, 6.07) is 13.8. The van der Waals surface area contributed by atoms with Crippen LogP contribution in [0.15, 0.2) is 42.5 Å². The summed E-state index contributed by atoms with van der Waals surface area (Å²) < 4.78 is 0. The van der Waals surface area contributed by atoms with Gasteiger partial charge in [-0.1, -0.05) is 31.9 Å². The molecule has 2 N–H and O–H groups in total. The van der Waals surface area contributed by atoms with Crippen molar-refractivity contribution < 1.29 is 10.2 Å². The van der Waals surface area contributed by atoms with Crippen LogP contribution in [0.25, 0.3) is 22.3 Å². The number of aliphatic hydroxyl groups excluding tert-OH is 1. The molecule has 19 heavy (non-hydrogen) atoms. The van der Waals surface area contributed by atoms with Crippen LogP contribution in [0.2, 0.25) is 0 Å². The first-order chi connectivity index (χ1) is 9.24. The molecule has 0 spiro atoms. The Bertz CT molecular complexity index is 505. The topological polar surface area (TPSA) is 40.5 Å². The second-order valence-electron chi connectivity index (χ2n) is 4.78. The van der Waals surface area contributed by atoms with E-state index in [-0.39, 0.29) is 0 Å². The van der Waals surface area contributed by atoms with E-state index in [0.717, 1.165) is 12.8 Å². The van der Waals surface area contributed by atoms with E-state index in [1.807, 2.05) is 12.1 Å². The summed E-state index contributed by atoms with van der Waals surface area (Å²) in [6.45, 7) is 2.48. The molecular formula is C17H20O2. The standard InChI is InChI=1S/C12H8O.C5H12O/c13-12-3-1-8(2-4-12)9-5-10-7-11(10)6-9;1-2-3-4-5-6/h1-7,13H;6H,2-5H2,1H3. The van der Waals surface area contributed by atoms with E-state index >= 15 is 0 Å². The maximum Gasteiger partial charge on any atom is 0.115 e. The molecule has 0 fully saturated rings. The van der Waals surface area contributed by atoms with Gasteiger partial charge >= 0.3 is 0 Å². The van der Waals surface area contributed by atoms with Gasteiger partial charge in [0.1, 0.15) is 5.75 Å². The zero-order chi connectivity index (χ0) is 13.7. The Balaban J connectivity index is 0.000000192. The number of phenols is 1. The number of fused-ring (bicyclic) bond motifs is 1. The van der Waals surface area contributed by atoms with Crippen molar-refractivity contribution in [3.8, 4) is 28.0 Å². The molecule has 0 heterocycles. The van der Waals surface area contributed by atoms with Crippen LogP contribution < -0.4 is 0 Å². The van der Waals surface area contributed by atoms with Crippen molar-refractivity contribution >= 4 is 0 Å². The molecule has 2 aliphatic carbocycles. The van der Waals surface area contributed by atoms with Gasteiger partial charge in [-0.3, -0.25) is 0 Å². The number of unbranched alkanes of at least 4 members (excludes halogenated alkanes) is 2. The fourth-order valence-corrected chi connectivity index (χ4v) is 1.94. The summed E-state index contributed by atoms with van der Waals surface area (Å²) in [7, 11) is 0. The SMILES string of the molecule is CCCCCO.Oc1ccc(-c2cc3cc-3c2)cc1. The molecule has 1 aromatic carbocycles. The summed E-state index contributed by atoms with van der Waals surface area (Å²) in [5.41, 5.74) is 5.11. The molecule has 0 bridgehead atoms. The van der Waals surface area contributed by atoms with Crippen LogP contribution in [-0.4, -0.2) is 16.8 Å². The Kier molecular flexibility index (Phi) is 4.58. The third-order valence-corrected chi connectivity index (χ3v) is 3.15. The van der Waals surface area contributed by atoms with E-state index in [0.29, 0.717) is 12.4 Å². The summed E-state index contributed by atoms with van der Waals surface area (Å²) in [5.74, 6) is 0.319. The first-order valence-corrected chi connectivity index (χ1v) is 6.80. The highest BCUT2D eigenvalue weighted by molar-refractivity contribution is 5.89. The molecule has 2 aliphatic rings. The lowest BCUT2D eigenvalue weighted by Crippen LogP contribution is -1.78. The van der Waals surface area contributed by atoms with Gasteiger partial charge in [-0.05, 0) is 59.0 Å². The van der Waals surface area contributed by atoms with Gasteiger partial charge in [0.15, 0.2) is 0 Å². The minimum Gasteiger partial charge on any atom is -0.508 e. The van der Waals surface area contributed by atoms with E-state index in [1.165, 1.54) is 28.7 Å². The number of aromatic hydroxyl groups is 1. The molecule has 0 atom stereocenters. The maximum atomic E-state index is 9.11. The summed E-state index contributed by atoms with van der Waals surface area (Å²) in [6.07, 6.45) is 3.33. The van der Waals surface area contributed by atoms with Crippen molar-refractivity contribution in [3.05, 3.63) is 42.5 Å². The molecule has 0 amide bonds. The molecule has 0 aromatic heterocycles. The van der Waals surface area contributed by atoms with Crippen molar-refractivity contribution in [3.63, 3.8) is 0 Å². The van der Waals surface area contributed by atoms with Gasteiger partial charge < -0.3 is 10.2 Å². The van der Waals surface area contributed by atoms with Crippen molar-refractivity contribution in [1.29, 1.82) is 0 Å². The quantitative estimate of drug-likeness (QED) is 0.686. The highest BCUT2D eigenvalue weighted by Crippen LogP contribution is 2.40. The number of phenolic OH excluding ortho intramolecular Hbond substituents is 1. The van der Waals surface area contributed by atoms with Crippen LogP contribution in [0.4, 0.5) is 0 Å². The van der Waals surface area contributed by atoms with Crippen LogP contribution in [0.5, 0.6) is 5.75 Å². The van der Waals surface area contributed by atoms with E-state index < -0.39 is 0 Å². The van der Waals surface area contributed by atoms with E-state index in [1.54, 1.807) is 12.1 Å². The van der Waals surface area contributed by atoms with Crippen LogP contribution in [0.1, 0.15) is 26.2 Å². The zero-order valence-corrected chi connectivity index (χ0v) is 11.3. The molecule has 0 saturated heterocycles. The summed E-state index contributed by atoms with van der Waals surface area (Å²) >= 11 is 0. The fourth-order valence-electron chi connectivity index (χ4n) is 1.94. The lowest BCUT2D eigenvalue weighted by atomic mass is 10.1. The highest BCUT2D eigenvalue weighted by Gasteiger charge is 2.14. The molecular weight excluding hydrogens is 236 g/mol. The molecule has 1 aromatic rings. The first kappa shape index (κ1) is 13.6. The molecule has 2 heteroatoms. The average molecular weight is 256 g/mol. The van der Waals surface area contributed by atoms with Crippen LogP contribution in [0, 0.1) is 0 Å². The van der Waals surface area contributed by atoms with Gasteiger partial charge in [0, 0.05) is 6.61 Å². The third kappa shape index (κ3) is 3.83. The van der Waals surface area contributed by atoms with Gasteiger partial charge in [0.05, 0.1) is 0 Å².